The van der Waals surface area contributed by atoms with Crippen LogP contribution >= 0.6 is 11.3 Å². The largest absolute Gasteiger partial charge is 0.310 e. The first-order valence-corrected chi connectivity index (χ1v) is 20.8. The molecule has 58 heavy (non-hydrogen) atoms. The highest BCUT2D eigenvalue weighted by molar-refractivity contribution is 7.26. The summed E-state index contributed by atoms with van der Waals surface area (Å²) < 4.78 is 2.58. The van der Waals surface area contributed by atoms with Crippen LogP contribution in [0.15, 0.2) is 218 Å². The van der Waals surface area contributed by atoms with Crippen LogP contribution in [0.1, 0.15) is 22.3 Å². The van der Waals surface area contributed by atoms with Gasteiger partial charge < -0.3 is 9.80 Å². The molecule has 0 saturated carbocycles. The SMILES string of the molecule is c1ccc(-c2ccc(N(c3cccc4c3-c3ccccc3C43c4ccccc4N(c4ccccc4)c4ccccc43)c3cccc4c3sc3ccccc34)cc2)cc1. The Morgan fingerprint density at radius 3 is 1.71 bits per heavy atom. The lowest BCUT2D eigenvalue weighted by atomic mass is 9.64. The first-order chi connectivity index (χ1) is 28.8. The number of anilines is 6. The topological polar surface area (TPSA) is 6.48 Å². The van der Waals surface area contributed by atoms with E-state index in [1.165, 1.54) is 87.4 Å². The van der Waals surface area contributed by atoms with Crippen LogP contribution in [-0.4, -0.2) is 0 Å². The van der Waals surface area contributed by atoms with E-state index in [0.29, 0.717) is 0 Å². The second kappa shape index (κ2) is 12.9. The minimum absolute atomic E-state index is 0.549. The molecule has 12 rings (SSSR count). The predicted molar refractivity (Wildman–Crippen MR) is 245 cm³/mol. The van der Waals surface area contributed by atoms with Crippen molar-refractivity contribution < 1.29 is 0 Å². The number of fused-ring (bicyclic) bond motifs is 12. The number of hydrogen-bond donors (Lipinski definition) is 0. The van der Waals surface area contributed by atoms with Gasteiger partial charge in [-0.3, -0.25) is 0 Å². The highest BCUT2D eigenvalue weighted by Crippen LogP contribution is 2.65. The van der Waals surface area contributed by atoms with E-state index in [-0.39, 0.29) is 0 Å². The molecule has 9 aromatic carbocycles. The van der Waals surface area contributed by atoms with Gasteiger partial charge in [0, 0.05) is 32.4 Å². The van der Waals surface area contributed by atoms with Crippen molar-refractivity contribution in [3.8, 4) is 22.3 Å². The first kappa shape index (κ1) is 33.0. The van der Waals surface area contributed by atoms with Crippen molar-refractivity contribution in [2.24, 2.45) is 0 Å². The fourth-order valence-corrected chi connectivity index (χ4v) is 11.1. The molecule has 0 fully saturated rings. The van der Waals surface area contributed by atoms with Crippen molar-refractivity contribution >= 4 is 65.6 Å². The molecule has 3 heteroatoms. The van der Waals surface area contributed by atoms with E-state index in [2.05, 4.69) is 228 Å². The summed E-state index contributed by atoms with van der Waals surface area (Å²) >= 11 is 1.88. The zero-order chi connectivity index (χ0) is 38.2. The van der Waals surface area contributed by atoms with Gasteiger partial charge in [0.2, 0.25) is 0 Å². The maximum absolute atomic E-state index is 2.53. The molecule has 0 atom stereocenters. The number of para-hydroxylation sites is 3. The number of benzene rings is 9. The Morgan fingerprint density at radius 2 is 0.948 bits per heavy atom. The molecule has 0 N–H and O–H groups in total. The highest BCUT2D eigenvalue weighted by atomic mass is 32.1. The lowest BCUT2D eigenvalue weighted by Gasteiger charge is -2.45. The summed E-state index contributed by atoms with van der Waals surface area (Å²) in [7, 11) is 0. The molecule has 0 radical (unpaired) electrons. The summed E-state index contributed by atoms with van der Waals surface area (Å²) in [6.07, 6.45) is 0. The molecule has 1 aliphatic heterocycles. The fourth-order valence-electron chi connectivity index (χ4n) is 9.93. The van der Waals surface area contributed by atoms with Crippen LogP contribution < -0.4 is 9.80 Å². The summed E-state index contributed by atoms with van der Waals surface area (Å²) in [6, 6.07) is 80.5. The summed E-state index contributed by atoms with van der Waals surface area (Å²) in [5.41, 5.74) is 16.6. The van der Waals surface area contributed by atoms with Crippen LogP contribution in [0.4, 0.5) is 34.1 Å². The van der Waals surface area contributed by atoms with Crippen LogP contribution in [-0.2, 0) is 5.41 Å². The molecule has 10 aromatic rings. The molecular weight excluding hydrogens is 721 g/mol. The van der Waals surface area contributed by atoms with Gasteiger partial charge in [0.05, 0.1) is 32.9 Å². The van der Waals surface area contributed by atoms with Crippen molar-refractivity contribution in [2.75, 3.05) is 9.80 Å². The molecule has 2 heterocycles. The van der Waals surface area contributed by atoms with Gasteiger partial charge in [-0.05, 0) is 93.5 Å². The molecular formula is C55H36N2S. The van der Waals surface area contributed by atoms with Crippen molar-refractivity contribution in [3.63, 3.8) is 0 Å². The van der Waals surface area contributed by atoms with Gasteiger partial charge in [0.25, 0.3) is 0 Å². The average molecular weight is 757 g/mol. The van der Waals surface area contributed by atoms with Crippen LogP contribution in [0.3, 0.4) is 0 Å². The van der Waals surface area contributed by atoms with E-state index in [9.17, 15) is 0 Å². The maximum atomic E-state index is 2.53. The number of hydrogen-bond acceptors (Lipinski definition) is 3. The van der Waals surface area contributed by atoms with E-state index in [4.69, 9.17) is 0 Å². The Hall–Kier alpha value is -7.20. The standard InChI is InChI=1S/C55H36N2S/c1-3-17-37(18-4-1)38-33-35-40(36-34-38)57(51-31-15-23-42-41-21-8-14-32-52(41)58-54(42)51)50-30-16-27-47-53(50)43-22-7-9-24-44(43)55(47)45-25-10-12-28-48(45)56(39-19-5-2-6-20-39)49-29-13-11-26-46(49)55/h1-36H. The fraction of sp³-hybridized carbons (Fsp3) is 0.0182. The zero-order valence-electron chi connectivity index (χ0n) is 31.6. The minimum Gasteiger partial charge on any atom is -0.310 e. The summed E-state index contributed by atoms with van der Waals surface area (Å²) in [5.74, 6) is 0. The van der Waals surface area contributed by atoms with Gasteiger partial charge in [-0.1, -0.05) is 164 Å². The second-order valence-corrected chi connectivity index (χ2v) is 16.3. The predicted octanol–water partition coefficient (Wildman–Crippen LogP) is 15.3. The monoisotopic (exact) mass is 756 g/mol. The first-order valence-electron chi connectivity index (χ1n) is 19.9. The van der Waals surface area contributed by atoms with Crippen LogP contribution in [0.5, 0.6) is 0 Å². The molecule has 0 bridgehead atoms. The van der Waals surface area contributed by atoms with Crippen LogP contribution in [0.25, 0.3) is 42.4 Å². The molecule has 2 aliphatic rings. The third kappa shape index (κ3) is 4.65. The average Bonchev–Trinajstić information content (AvgIpc) is 3.83. The van der Waals surface area contributed by atoms with Gasteiger partial charge in [0.1, 0.15) is 0 Å². The van der Waals surface area contributed by atoms with E-state index >= 15 is 0 Å². The Balaban J connectivity index is 1.16. The smallest absolute Gasteiger partial charge is 0.0755 e. The molecule has 1 aliphatic carbocycles. The van der Waals surface area contributed by atoms with E-state index in [1.54, 1.807) is 0 Å². The summed E-state index contributed by atoms with van der Waals surface area (Å²) in [5, 5.41) is 2.58. The van der Waals surface area contributed by atoms with Gasteiger partial charge in [-0.15, -0.1) is 11.3 Å². The highest BCUT2D eigenvalue weighted by Gasteiger charge is 2.52. The van der Waals surface area contributed by atoms with Gasteiger partial charge in [-0.2, -0.15) is 0 Å². The van der Waals surface area contributed by atoms with Gasteiger partial charge >= 0.3 is 0 Å². The third-order valence-corrected chi connectivity index (χ3v) is 13.5. The second-order valence-electron chi connectivity index (χ2n) is 15.2. The lowest BCUT2D eigenvalue weighted by Crippen LogP contribution is -2.36. The summed E-state index contributed by atoms with van der Waals surface area (Å²) in [6.45, 7) is 0. The van der Waals surface area contributed by atoms with E-state index < -0.39 is 5.41 Å². The molecule has 1 spiro atoms. The Bertz CT molecular complexity index is 3140. The Morgan fingerprint density at radius 1 is 0.397 bits per heavy atom. The van der Waals surface area contributed by atoms with E-state index in [1.807, 2.05) is 11.3 Å². The number of nitrogens with zero attached hydrogens (tertiary/aromatic N) is 2. The number of thiophene rings is 1. The quantitative estimate of drug-likeness (QED) is 0.173. The van der Waals surface area contributed by atoms with E-state index in [0.717, 1.165) is 11.4 Å². The van der Waals surface area contributed by atoms with Crippen LogP contribution in [0, 0.1) is 0 Å². The summed E-state index contributed by atoms with van der Waals surface area (Å²) in [4.78, 5) is 4.97. The lowest BCUT2D eigenvalue weighted by molar-refractivity contribution is 0.752. The van der Waals surface area contributed by atoms with Crippen molar-refractivity contribution in [1.82, 2.24) is 0 Å². The Labute approximate surface area is 342 Å². The van der Waals surface area contributed by atoms with Crippen LogP contribution in [0.2, 0.25) is 0 Å². The van der Waals surface area contributed by atoms with Gasteiger partial charge in [-0.25, -0.2) is 0 Å². The molecule has 272 valence electrons. The molecule has 0 unspecified atom stereocenters. The zero-order valence-corrected chi connectivity index (χ0v) is 32.4. The maximum Gasteiger partial charge on any atom is 0.0755 e. The van der Waals surface area contributed by atoms with Crippen molar-refractivity contribution in [3.05, 3.63) is 241 Å². The van der Waals surface area contributed by atoms with Gasteiger partial charge in [0.15, 0.2) is 0 Å². The molecule has 0 amide bonds. The van der Waals surface area contributed by atoms with Crippen molar-refractivity contribution in [1.29, 1.82) is 0 Å². The minimum atomic E-state index is -0.549. The molecule has 2 nitrogen and oxygen atoms in total. The molecule has 1 aromatic heterocycles. The Kier molecular flexibility index (Phi) is 7.35. The normalized spacial score (nSPS) is 13.3. The van der Waals surface area contributed by atoms with Crippen molar-refractivity contribution in [2.45, 2.75) is 5.41 Å². The molecule has 0 saturated heterocycles. The number of rotatable bonds is 5. The third-order valence-electron chi connectivity index (χ3n) is 12.3.